The summed E-state index contributed by atoms with van der Waals surface area (Å²) in [6.45, 7) is 0. The van der Waals surface area contributed by atoms with Crippen molar-refractivity contribution in [3.63, 3.8) is 0 Å². The molecule has 0 fully saturated rings. The van der Waals surface area contributed by atoms with Gasteiger partial charge in [0.1, 0.15) is 0 Å². The van der Waals surface area contributed by atoms with Crippen LogP contribution in [-0.4, -0.2) is 0 Å². The third kappa shape index (κ3) is 1.37. The van der Waals surface area contributed by atoms with Crippen molar-refractivity contribution in [2.75, 3.05) is 0 Å². The Morgan fingerprint density at radius 3 is 1.42 bits per heavy atom. The van der Waals surface area contributed by atoms with E-state index in [1.807, 2.05) is 35.0 Å². The maximum atomic E-state index is 12.6. The van der Waals surface area contributed by atoms with Crippen molar-refractivity contribution in [1.82, 2.24) is 0 Å². The van der Waals surface area contributed by atoms with Crippen LogP contribution in [0.4, 0.5) is 0 Å². The fourth-order valence-electron chi connectivity index (χ4n) is 3.78. The Morgan fingerprint density at radius 1 is 0.542 bits per heavy atom. The van der Waals surface area contributed by atoms with Crippen molar-refractivity contribution in [3.05, 3.63) is 67.6 Å². The van der Waals surface area contributed by atoms with Crippen molar-refractivity contribution < 1.29 is 0 Å². The second-order valence-corrected chi connectivity index (χ2v) is 7.96. The van der Waals surface area contributed by atoms with Gasteiger partial charge in [-0.15, -0.1) is 22.7 Å². The van der Waals surface area contributed by atoms with Crippen LogP contribution in [0.2, 0.25) is 0 Å². The van der Waals surface area contributed by atoms with Crippen LogP contribution in [-0.2, 0) is 0 Å². The van der Waals surface area contributed by atoms with E-state index in [1.54, 1.807) is 22.7 Å². The van der Waals surface area contributed by atoms with Gasteiger partial charge in [-0.25, -0.2) is 0 Å². The molecule has 112 valence electrons. The van der Waals surface area contributed by atoms with Crippen LogP contribution in [0.1, 0.15) is 0 Å². The zero-order chi connectivity index (χ0) is 16.0. The normalized spacial score (nSPS) is 12.5. The number of hydrogen-bond acceptors (Lipinski definition) is 4. The summed E-state index contributed by atoms with van der Waals surface area (Å²) in [5.74, 6) is 0. The van der Waals surface area contributed by atoms with Gasteiger partial charge in [0.05, 0.1) is 0 Å². The monoisotopic (exact) mass is 344 g/mol. The summed E-state index contributed by atoms with van der Waals surface area (Å²) < 4.78 is 2.09. The fourth-order valence-corrected chi connectivity index (χ4v) is 5.63. The Balaban J connectivity index is 1.89. The van der Waals surface area contributed by atoms with Gasteiger partial charge >= 0.3 is 0 Å². The molecule has 0 aliphatic heterocycles. The highest BCUT2D eigenvalue weighted by Crippen LogP contribution is 2.35. The zero-order valence-electron chi connectivity index (χ0n) is 12.3. The number of thiophene rings is 2. The van der Waals surface area contributed by atoms with E-state index >= 15 is 0 Å². The van der Waals surface area contributed by atoms with Gasteiger partial charge in [0.15, 0.2) is 10.9 Å². The molecule has 4 heteroatoms. The number of hydrogen-bond donors (Lipinski definition) is 0. The molecule has 0 saturated carbocycles. The second-order valence-electron chi connectivity index (χ2n) is 6.13. The highest BCUT2D eigenvalue weighted by Gasteiger charge is 2.15. The lowest BCUT2D eigenvalue weighted by Gasteiger charge is -2.00. The summed E-state index contributed by atoms with van der Waals surface area (Å²) in [5.41, 5.74) is 0.216. The van der Waals surface area contributed by atoms with Gasteiger partial charge in [-0.1, -0.05) is 0 Å². The van der Waals surface area contributed by atoms with Crippen molar-refractivity contribution in [3.8, 4) is 0 Å². The quantitative estimate of drug-likeness (QED) is 0.381. The predicted octanol–water partition coefficient (Wildman–Crippen LogP) is 5.17. The van der Waals surface area contributed by atoms with Crippen molar-refractivity contribution in [2.24, 2.45) is 0 Å². The zero-order valence-corrected chi connectivity index (χ0v) is 13.9. The van der Waals surface area contributed by atoms with Crippen molar-refractivity contribution in [1.29, 1.82) is 0 Å². The van der Waals surface area contributed by atoms with E-state index in [0.29, 0.717) is 0 Å². The first-order chi connectivity index (χ1) is 11.7. The van der Waals surface area contributed by atoms with E-state index in [0.717, 1.165) is 52.5 Å². The largest absolute Gasteiger partial charge is 0.289 e. The van der Waals surface area contributed by atoms with Crippen LogP contribution in [0.3, 0.4) is 0 Å². The molecule has 0 aliphatic rings. The molecule has 0 aliphatic carbocycles. The molecule has 0 N–H and O–H groups in total. The van der Waals surface area contributed by atoms with Gasteiger partial charge in [0.25, 0.3) is 0 Å². The van der Waals surface area contributed by atoms with E-state index in [1.165, 1.54) is 0 Å². The lowest BCUT2D eigenvalue weighted by molar-refractivity contribution is 1.84. The minimum atomic E-state index is 0.108. The summed E-state index contributed by atoms with van der Waals surface area (Å²) in [7, 11) is 0. The molecular weight excluding hydrogens is 336 g/mol. The van der Waals surface area contributed by atoms with Gasteiger partial charge in [-0.05, 0) is 57.9 Å². The van der Waals surface area contributed by atoms with E-state index in [4.69, 9.17) is 0 Å². The molecule has 24 heavy (non-hydrogen) atoms. The Kier molecular flexibility index (Phi) is 2.19. The summed E-state index contributed by atoms with van der Waals surface area (Å²) in [6, 6.07) is 11.9. The van der Waals surface area contributed by atoms with Gasteiger partial charge in [-0.2, -0.15) is 0 Å². The van der Waals surface area contributed by atoms with Gasteiger partial charge in [-0.3, -0.25) is 9.59 Å². The Morgan fingerprint density at radius 2 is 0.958 bits per heavy atom. The maximum absolute atomic E-state index is 12.6. The van der Waals surface area contributed by atoms with Gasteiger partial charge < -0.3 is 0 Å². The molecule has 6 aromatic rings. The van der Waals surface area contributed by atoms with Crippen LogP contribution >= 0.6 is 22.7 Å². The molecular formula is C20H8O2S2. The van der Waals surface area contributed by atoms with Crippen LogP contribution in [0.15, 0.2) is 56.7 Å². The lowest BCUT2D eigenvalue weighted by atomic mass is 10.0. The average molecular weight is 344 g/mol. The molecule has 0 saturated heterocycles. The number of fused-ring (bicyclic) bond motifs is 7. The molecule has 6 rings (SSSR count). The number of rotatable bonds is 0. The summed E-state index contributed by atoms with van der Waals surface area (Å²) in [6.07, 6.45) is 0. The first kappa shape index (κ1) is 12.8. The van der Waals surface area contributed by atoms with E-state index < -0.39 is 0 Å². The molecule has 2 aromatic heterocycles. The molecule has 0 amide bonds. The second kappa shape index (κ2) is 4.09. The Bertz CT molecular complexity index is 1420. The first-order valence-corrected chi connectivity index (χ1v) is 9.35. The van der Waals surface area contributed by atoms with E-state index in [2.05, 4.69) is 12.1 Å². The SMILES string of the molecule is O=c1c2cc3cc4c(cc3cc2c2sccc12)c(=O)c1ccsc14. The molecule has 0 unspecified atom stereocenters. The standard InChI is InChI=1S/C20H8O2S2/c21-17-11-1-3-23-19(11)15-7-10-6-14-16(8-9(10)5-13(15)17)20-12(18(14)22)2-4-24-20/h1-8H. The molecule has 0 radical (unpaired) electrons. The van der Waals surface area contributed by atoms with Crippen LogP contribution in [0, 0.1) is 0 Å². The van der Waals surface area contributed by atoms with Gasteiger partial charge in [0.2, 0.25) is 0 Å². The first-order valence-electron chi connectivity index (χ1n) is 7.59. The maximum Gasteiger partial charge on any atom is 0.195 e. The molecule has 0 atom stereocenters. The third-order valence-corrected chi connectivity index (χ3v) is 6.81. The highest BCUT2D eigenvalue weighted by atomic mass is 32.1. The third-order valence-electron chi connectivity index (χ3n) is 4.91. The Labute approximate surface area is 142 Å². The molecule has 4 aromatic carbocycles. The van der Waals surface area contributed by atoms with Crippen LogP contribution < -0.4 is 10.9 Å². The molecule has 2 heterocycles. The average Bonchev–Trinajstić information content (AvgIpc) is 3.33. The summed E-state index contributed by atoms with van der Waals surface area (Å²) in [4.78, 5) is 25.2. The van der Waals surface area contributed by atoms with Crippen molar-refractivity contribution >= 4 is 75.2 Å². The number of benzene rings is 2. The molecule has 2 nitrogen and oxygen atoms in total. The van der Waals surface area contributed by atoms with E-state index in [9.17, 15) is 9.59 Å². The van der Waals surface area contributed by atoms with Crippen LogP contribution in [0.25, 0.3) is 52.5 Å². The van der Waals surface area contributed by atoms with Crippen molar-refractivity contribution in [2.45, 2.75) is 0 Å². The fraction of sp³-hybridized carbons (Fsp3) is 0. The lowest BCUT2D eigenvalue weighted by Crippen LogP contribution is -1.94. The van der Waals surface area contributed by atoms with Gasteiger partial charge in [0, 0.05) is 41.7 Å². The summed E-state index contributed by atoms with van der Waals surface area (Å²) >= 11 is 3.20. The highest BCUT2D eigenvalue weighted by molar-refractivity contribution is 7.18. The Hall–Kier alpha value is -2.56. The minimum absolute atomic E-state index is 0.108. The van der Waals surface area contributed by atoms with Crippen LogP contribution in [0.5, 0.6) is 0 Å². The topological polar surface area (TPSA) is 34.1 Å². The predicted molar refractivity (Wildman–Crippen MR) is 105 cm³/mol. The molecule has 0 spiro atoms. The summed E-state index contributed by atoms with van der Waals surface area (Å²) in [5, 5.41) is 11.1. The van der Waals surface area contributed by atoms with E-state index in [-0.39, 0.29) is 10.9 Å². The smallest absolute Gasteiger partial charge is 0.195 e. The molecule has 0 bridgehead atoms. The minimum Gasteiger partial charge on any atom is -0.289 e.